The van der Waals surface area contributed by atoms with E-state index in [0.29, 0.717) is 29.1 Å². The Kier molecular flexibility index (Phi) is 5.91. The van der Waals surface area contributed by atoms with Crippen molar-refractivity contribution in [2.24, 2.45) is 0 Å². The summed E-state index contributed by atoms with van der Waals surface area (Å²) in [5.74, 6) is 0.933. The molecule has 3 N–H and O–H groups in total. The van der Waals surface area contributed by atoms with Crippen LogP contribution >= 0.6 is 0 Å². The molecule has 5 rings (SSSR count). The van der Waals surface area contributed by atoms with Gasteiger partial charge in [0.1, 0.15) is 41.6 Å². The van der Waals surface area contributed by atoms with E-state index in [-0.39, 0.29) is 5.82 Å². The fourth-order valence-electron chi connectivity index (χ4n) is 4.22. The van der Waals surface area contributed by atoms with Crippen LogP contribution in [0, 0.1) is 5.82 Å². The topological polar surface area (TPSA) is 102 Å². The Morgan fingerprint density at radius 1 is 1.06 bits per heavy atom. The SMILES string of the molecule is CCOc1ccc(-c2cn([C@@H]3O[C@H](C)[C@@H](O)[C@H]3O)c3ncnc(Nc4ccc(F)cc4)c23)cc1. The minimum Gasteiger partial charge on any atom is -0.494 e. The second kappa shape index (κ2) is 9.02. The van der Waals surface area contributed by atoms with Crippen molar-refractivity contribution in [2.75, 3.05) is 11.9 Å². The third-order valence-corrected chi connectivity index (χ3v) is 5.94. The fourth-order valence-corrected chi connectivity index (χ4v) is 4.22. The van der Waals surface area contributed by atoms with Gasteiger partial charge < -0.3 is 29.6 Å². The Labute approximate surface area is 195 Å². The van der Waals surface area contributed by atoms with Crippen molar-refractivity contribution in [3.05, 3.63) is 66.9 Å². The Bertz CT molecular complexity index is 1290. The summed E-state index contributed by atoms with van der Waals surface area (Å²) < 4.78 is 26.6. The van der Waals surface area contributed by atoms with Crippen molar-refractivity contribution in [3.63, 3.8) is 0 Å². The van der Waals surface area contributed by atoms with Gasteiger partial charge in [0.25, 0.3) is 0 Å². The molecule has 2 aromatic heterocycles. The molecular weight excluding hydrogens is 439 g/mol. The number of hydrogen-bond acceptors (Lipinski definition) is 7. The summed E-state index contributed by atoms with van der Waals surface area (Å²) >= 11 is 0. The van der Waals surface area contributed by atoms with Crippen LogP contribution in [0.4, 0.5) is 15.9 Å². The molecule has 8 nitrogen and oxygen atoms in total. The molecule has 9 heteroatoms. The number of aliphatic hydroxyl groups excluding tert-OH is 2. The molecule has 4 atom stereocenters. The number of fused-ring (bicyclic) bond motifs is 1. The smallest absolute Gasteiger partial charge is 0.164 e. The lowest BCUT2D eigenvalue weighted by molar-refractivity contribution is -0.0295. The average molecular weight is 464 g/mol. The van der Waals surface area contributed by atoms with Crippen LogP contribution in [0.2, 0.25) is 0 Å². The van der Waals surface area contributed by atoms with Gasteiger partial charge in [-0.3, -0.25) is 0 Å². The zero-order valence-electron chi connectivity index (χ0n) is 18.7. The summed E-state index contributed by atoms with van der Waals surface area (Å²) in [5, 5.41) is 24.8. The Morgan fingerprint density at radius 2 is 1.79 bits per heavy atom. The first-order valence-corrected chi connectivity index (χ1v) is 11.1. The first-order chi connectivity index (χ1) is 16.5. The van der Waals surface area contributed by atoms with Gasteiger partial charge in [0.2, 0.25) is 0 Å². The highest BCUT2D eigenvalue weighted by molar-refractivity contribution is 6.02. The van der Waals surface area contributed by atoms with Crippen LogP contribution in [0.15, 0.2) is 61.1 Å². The quantitative estimate of drug-likeness (QED) is 0.396. The molecule has 1 aliphatic rings. The van der Waals surface area contributed by atoms with E-state index >= 15 is 0 Å². The number of hydrogen-bond donors (Lipinski definition) is 3. The molecule has 1 saturated heterocycles. The standard InChI is InChI=1S/C25H25FN4O4/c1-3-33-18-10-4-15(5-11-18)19-12-30(25-22(32)21(31)14(2)34-25)24-20(19)23(27-13-28-24)29-17-8-6-16(26)7-9-17/h4-14,21-22,25,31-32H,3H2,1-2H3,(H,27,28,29)/t14-,21-,22-,25-/m1/s1. The van der Waals surface area contributed by atoms with Crippen molar-refractivity contribution >= 4 is 22.5 Å². The number of benzene rings is 2. The van der Waals surface area contributed by atoms with Gasteiger partial charge in [-0.1, -0.05) is 12.1 Å². The highest BCUT2D eigenvalue weighted by Gasteiger charge is 2.42. The summed E-state index contributed by atoms with van der Waals surface area (Å²) in [6, 6.07) is 13.6. The number of ether oxygens (including phenoxy) is 2. The number of halogens is 1. The first kappa shape index (κ1) is 22.3. The molecule has 34 heavy (non-hydrogen) atoms. The summed E-state index contributed by atoms with van der Waals surface area (Å²) in [7, 11) is 0. The molecule has 176 valence electrons. The molecule has 0 bridgehead atoms. The Hall–Kier alpha value is -3.53. The lowest BCUT2D eigenvalue weighted by Gasteiger charge is -2.17. The number of rotatable bonds is 6. The van der Waals surface area contributed by atoms with Crippen molar-refractivity contribution in [2.45, 2.75) is 38.4 Å². The normalized spacial score (nSPS) is 22.3. The van der Waals surface area contributed by atoms with Gasteiger partial charge in [-0.15, -0.1) is 0 Å². The molecule has 1 fully saturated rings. The molecular formula is C25H25FN4O4. The molecule has 0 amide bonds. The van der Waals surface area contributed by atoms with Gasteiger partial charge in [-0.25, -0.2) is 14.4 Å². The second-order valence-electron chi connectivity index (χ2n) is 8.17. The number of anilines is 2. The van der Waals surface area contributed by atoms with Crippen LogP contribution in [0.25, 0.3) is 22.2 Å². The van der Waals surface area contributed by atoms with Crippen molar-refractivity contribution in [1.82, 2.24) is 14.5 Å². The van der Waals surface area contributed by atoms with Gasteiger partial charge in [0.15, 0.2) is 6.23 Å². The molecule has 0 saturated carbocycles. The predicted octanol–water partition coefficient (Wildman–Crippen LogP) is 4.02. The van der Waals surface area contributed by atoms with E-state index in [2.05, 4.69) is 15.3 Å². The molecule has 2 aromatic carbocycles. The summed E-state index contributed by atoms with van der Waals surface area (Å²) in [6.45, 7) is 4.20. The van der Waals surface area contributed by atoms with Gasteiger partial charge in [0, 0.05) is 17.4 Å². The fraction of sp³-hybridized carbons (Fsp3) is 0.280. The molecule has 0 spiro atoms. The predicted molar refractivity (Wildman–Crippen MR) is 125 cm³/mol. The maximum Gasteiger partial charge on any atom is 0.164 e. The Morgan fingerprint density at radius 3 is 2.44 bits per heavy atom. The van der Waals surface area contributed by atoms with Gasteiger partial charge in [-0.05, 0) is 55.8 Å². The van der Waals surface area contributed by atoms with E-state index in [1.807, 2.05) is 37.4 Å². The summed E-state index contributed by atoms with van der Waals surface area (Å²) in [6.07, 6.45) is -0.253. The van der Waals surface area contributed by atoms with Crippen molar-refractivity contribution in [1.29, 1.82) is 0 Å². The lowest BCUT2D eigenvalue weighted by atomic mass is 10.1. The number of nitrogens with one attached hydrogen (secondary N) is 1. The largest absolute Gasteiger partial charge is 0.494 e. The van der Waals surface area contributed by atoms with E-state index in [1.165, 1.54) is 18.5 Å². The van der Waals surface area contributed by atoms with E-state index < -0.39 is 24.5 Å². The number of aromatic nitrogens is 3. The molecule has 1 aliphatic heterocycles. The van der Waals surface area contributed by atoms with E-state index in [9.17, 15) is 14.6 Å². The summed E-state index contributed by atoms with van der Waals surface area (Å²) in [5.41, 5.74) is 2.86. The van der Waals surface area contributed by atoms with Crippen LogP contribution in [0.1, 0.15) is 20.1 Å². The van der Waals surface area contributed by atoms with Crippen LogP contribution < -0.4 is 10.1 Å². The van der Waals surface area contributed by atoms with Gasteiger partial charge in [-0.2, -0.15) is 0 Å². The molecule has 0 unspecified atom stereocenters. The van der Waals surface area contributed by atoms with Crippen LogP contribution in [-0.2, 0) is 4.74 Å². The summed E-state index contributed by atoms with van der Waals surface area (Å²) in [4.78, 5) is 8.91. The molecule has 4 aromatic rings. The van der Waals surface area contributed by atoms with Crippen LogP contribution in [-0.4, -0.2) is 49.7 Å². The Balaban J connectivity index is 1.66. The second-order valence-corrected chi connectivity index (χ2v) is 8.17. The zero-order valence-corrected chi connectivity index (χ0v) is 18.7. The van der Waals surface area contributed by atoms with E-state index in [1.54, 1.807) is 23.6 Å². The highest BCUT2D eigenvalue weighted by Crippen LogP contribution is 2.40. The monoisotopic (exact) mass is 464 g/mol. The van der Waals surface area contributed by atoms with Crippen LogP contribution in [0.5, 0.6) is 5.75 Å². The number of nitrogens with zero attached hydrogens (tertiary/aromatic N) is 3. The first-order valence-electron chi connectivity index (χ1n) is 11.1. The number of aliphatic hydroxyl groups is 2. The third-order valence-electron chi connectivity index (χ3n) is 5.94. The maximum absolute atomic E-state index is 13.4. The minimum atomic E-state index is -1.12. The van der Waals surface area contributed by atoms with Crippen molar-refractivity contribution < 1.29 is 24.1 Å². The highest BCUT2D eigenvalue weighted by atomic mass is 19.1. The van der Waals surface area contributed by atoms with Gasteiger partial charge >= 0.3 is 0 Å². The maximum atomic E-state index is 13.4. The average Bonchev–Trinajstić information content (AvgIpc) is 3.35. The van der Waals surface area contributed by atoms with Gasteiger partial charge in [0.05, 0.1) is 18.1 Å². The minimum absolute atomic E-state index is 0.334. The van der Waals surface area contributed by atoms with Crippen LogP contribution in [0.3, 0.4) is 0 Å². The molecule has 0 aliphatic carbocycles. The van der Waals surface area contributed by atoms with E-state index in [4.69, 9.17) is 9.47 Å². The molecule has 0 radical (unpaired) electrons. The lowest BCUT2D eigenvalue weighted by Crippen LogP contribution is -2.30. The van der Waals surface area contributed by atoms with E-state index in [0.717, 1.165) is 16.9 Å². The molecule has 3 heterocycles. The third kappa shape index (κ3) is 3.98. The van der Waals surface area contributed by atoms with Crippen molar-refractivity contribution in [3.8, 4) is 16.9 Å². The zero-order chi connectivity index (χ0) is 23.8.